The van der Waals surface area contributed by atoms with Gasteiger partial charge in [0, 0.05) is 24.7 Å². The molecule has 4 nitrogen and oxygen atoms in total. The van der Waals surface area contributed by atoms with Crippen LogP contribution in [0.1, 0.15) is 0 Å². The van der Waals surface area contributed by atoms with Gasteiger partial charge in [-0.2, -0.15) is 0 Å². The minimum Gasteiger partial charge on any atom is -0.436 e. The Morgan fingerprint density at radius 3 is 2.89 bits per heavy atom. The minimum atomic E-state index is -0.396. The SMILES string of the molecule is Fc1cc(Oc2nc(Br)cn3ccnc23)ccc1Br. The van der Waals surface area contributed by atoms with E-state index < -0.39 is 5.82 Å². The summed E-state index contributed by atoms with van der Waals surface area (Å²) in [5.74, 6) is 0.268. The lowest BCUT2D eigenvalue weighted by Crippen LogP contribution is -1.95. The normalized spacial score (nSPS) is 10.9. The zero-order valence-corrected chi connectivity index (χ0v) is 12.5. The molecule has 2 heterocycles. The molecular formula is C12H6Br2FN3O. The van der Waals surface area contributed by atoms with E-state index >= 15 is 0 Å². The fourth-order valence-electron chi connectivity index (χ4n) is 1.59. The van der Waals surface area contributed by atoms with E-state index in [4.69, 9.17) is 4.74 Å². The van der Waals surface area contributed by atoms with Crippen LogP contribution in [0, 0.1) is 5.82 Å². The van der Waals surface area contributed by atoms with E-state index in [1.165, 1.54) is 6.07 Å². The van der Waals surface area contributed by atoms with Crippen LogP contribution in [0.4, 0.5) is 4.39 Å². The van der Waals surface area contributed by atoms with Gasteiger partial charge in [-0.05, 0) is 44.0 Å². The molecule has 3 aromatic rings. The topological polar surface area (TPSA) is 39.4 Å². The van der Waals surface area contributed by atoms with Crippen molar-refractivity contribution in [2.75, 3.05) is 0 Å². The highest BCUT2D eigenvalue weighted by atomic mass is 79.9. The van der Waals surface area contributed by atoms with E-state index in [9.17, 15) is 4.39 Å². The second-order valence-corrected chi connectivity index (χ2v) is 5.37. The molecule has 0 radical (unpaired) electrons. The van der Waals surface area contributed by atoms with Gasteiger partial charge in [0.05, 0.1) is 4.47 Å². The van der Waals surface area contributed by atoms with E-state index in [-0.39, 0.29) is 0 Å². The first-order valence-corrected chi connectivity index (χ1v) is 6.84. The van der Waals surface area contributed by atoms with Gasteiger partial charge in [-0.3, -0.25) is 4.40 Å². The number of imidazole rings is 1. The van der Waals surface area contributed by atoms with Crippen molar-refractivity contribution in [1.82, 2.24) is 14.4 Å². The van der Waals surface area contributed by atoms with Gasteiger partial charge in [-0.25, -0.2) is 14.4 Å². The smallest absolute Gasteiger partial charge is 0.264 e. The van der Waals surface area contributed by atoms with Crippen LogP contribution in [-0.2, 0) is 0 Å². The predicted molar refractivity (Wildman–Crippen MR) is 74.9 cm³/mol. The van der Waals surface area contributed by atoms with Gasteiger partial charge in [-0.1, -0.05) is 0 Å². The average molecular weight is 387 g/mol. The third-order valence-electron chi connectivity index (χ3n) is 2.42. The molecular weight excluding hydrogens is 381 g/mol. The van der Waals surface area contributed by atoms with Crippen LogP contribution in [0.15, 0.2) is 45.9 Å². The molecule has 19 heavy (non-hydrogen) atoms. The molecule has 2 aromatic heterocycles. The second kappa shape index (κ2) is 4.90. The summed E-state index contributed by atoms with van der Waals surface area (Å²) in [7, 11) is 0. The number of fused-ring (bicyclic) bond motifs is 1. The predicted octanol–water partition coefficient (Wildman–Crippen LogP) is 4.19. The molecule has 96 valence electrons. The van der Waals surface area contributed by atoms with Crippen molar-refractivity contribution in [3.63, 3.8) is 0 Å². The van der Waals surface area contributed by atoms with Crippen LogP contribution in [0.2, 0.25) is 0 Å². The third kappa shape index (κ3) is 2.48. The quantitative estimate of drug-likeness (QED) is 0.663. The van der Waals surface area contributed by atoms with Crippen LogP contribution >= 0.6 is 31.9 Å². The van der Waals surface area contributed by atoms with Gasteiger partial charge in [0.25, 0.3) is 5.88 Å². The summed E-state index contributed by atoms with van der Waals surface area (Å²) in [5.41, 5.74) is 0.562. The monoisotopic (exact) mass is 385 g/mol. The standard InChI is InChI=1S/C12H6Br2FN3O/c13-8-2-1-7(5-9(8)15)19-12-11-16-3-4-18(11)6-10(14)17-12/h1-6H. The Hall–Kier alpha value is -1.47. The second-order valence-electron chi connectivity index (χ2n) is 3.70. The maximum Gasteiger partial charge on any atom is 0.264 e. The van der Waals surface area contributed by atoms with E-state index in [1.807, 2.05) is 0 Å². The molecule has 1 aromatic carbocycles. The van der Waals surface area contributed by atoms with Gasteiger partial charge < -0.3 is 4.74 Å². The fraction of sp³-hybridized carbons (Fsp3) is 0. The molecule has 0 fully saturated rings. The molecule has 0 saturated heterocycles. The molecule has 0 bridgehead atoms. The zero-order valence-electron chi connectivity index (χ0n) is 9.35. The van der Waals surface area contributed by atoms with E-state index in [0.717, 1.165) is 0 Å². The maximum atomic E-state index is 13.4. The molecule has 0 atom stereocenters. The van der Waals surface area contributed by atoms with Crippen LogP contribution in [-0.4, -0.2) is 14.4 Å². The highest BCUT2D eigenvalue weighted by Crippen LogP contribution is 2.27. The summed E-state index contributed by atoms with van der Waals surface area (Å²) in [4.78, 5) is 8.35. The number of hydrogen-bond donors (Lipinski definition) is 0. The lowest BCUT2D eigenvalue weighted by molar-refractivity contribution is 0.458. The van der Waals surface area contributed by atoms with Crippen LogP contribution in [0.3, 0.4) is 0 Å². The Morgan fingerprint density at radius 2 is 2.11 bits per heavy atom. The molecule has 0 aliphatic rings. The third-order valence-corrected chi connectivity index (χ3v) is 3.44. The number of hydrogen-bond acceptors (Lipinski definition) is 3. The van der Waals surface area contributed by atoms with Crippen LogP contribution in [0.25, 0.3) is 5.65 Å². The first-order valence-electron chi connectivity index (χ1n) is 5.25. The van der Waals surface area contributed by atoms with Gasteiger partial charge in [0.15, 0.2) is 0 Å². The molecule has 0 aliphatic heterocycles. The van der Waals surface area contributed by atoms with Gasteiger partial charge in [0.1, 0.15) is 16.2 Å². The Labute approximate surface area is 124 Å². The molecule has 0 unspecified atom stereocenters. The molecule has 3 rings (SSSR count). The Kier molecular flexibility index (Phi) is 3.24. The number of ether oxygens (including phenoxy) is 1. The summed E-state index contributed by atoms with van der Waals surface area (Å²) < 4.78 is 21.8. The molecule has 7 heteroatoms. The summed E-state index contributed by atoms with van der Waals surface area (Å²) in [6.07, 6.45) is 5.17. The van der Waals surface area contributed by atoms with Crippen LogP contribution < -0.4 is 4.74 Å². The Bertz CT molecular complexity index is 760. The Balaban J connectivity index is 2.04. The first-order chi connectivity index (χ1) is 9.13. The van der Waals surface area contributed by atoms with Crippen molar-refractivity contribution < 1.29 is 9.13 Å². The zero-order chi connectivity index (χ0) is 13.4. The molecule has 0 saturated carbocycles. The fourth-order valence-corrected chi connectivity index (χ4v) is 2.22. The van der Waals surface area contributed by atoms with Crippen molar-refractivity contribution in [3.05, 3.63) is 51.7 Å². The Morgan fingerprint density at radius 1 is 1.26 bits per heavy atom. The summed E-state index contributed by atoms with van der Waals surface area (Å²) >= 11 is 6.38. The molecule has 0 spiro atoms. The first kappa shape index (κ1) is 12.6. The number of rotatable bonds is 2. The summed E-state index contributed by atoms with van der Waals surface area (Å²) in [5, 5.41) is 0. The lowest BCUT2D eigenvalue weighted by atomic mass is 10.3. The largest absolute Gasteiger partial charge is 0.436 e. The average Bonchev–Trinajstić information content (AvgIpc) is 2.82. The van der Waals surface area contributed by atoms with E-state index in [2.05, 4.69) is 41.8 Å². The van der Waals surface area contributed by atoms with Crippen molar-refractivity contribution in [2.45, 2.75) is 0 Å². The molecule has 0 N–H and O–H groups in total. The maximum absolute atomic E-state index is 13.4. The number of benzene rings is 1. The van der Waals surface area contributed by atoms with Gasteiger partial charge in [-0.15, -0.1) is 0 Å². The summed E-state index contributed by atoms with van der Waals surface area (Å²) in [6, 6.07) is 4.51. The number of halogens is 3. The van der Waals surface area contributed by atoms with Gasteiger partial charge >= 0.3 is 0 Å². The number of aromatic nitrogens is 3. The van der Waals surface area contributed by atoms with Crippen molar-refractivity contribution in [3.8, 4) is 11.6 Å². The van der Waals surface area contributed by atoms with Crippen molar-refractivity contribution in [2.24, 2.45) is 0 Å². The van der Waals surface area contributed by atoms with E-state index in [1.54, 1.807) is 35.1 Å². The highest BCUT2D eigenvalue weighted by molar-refractivity contribution is 9.10. The molecule has 0 amide bonds. The summed E-state index contributed by atoms with van der Waals surface area (Å²) in [6.45, 7) is 0. The minimum absolute atomic E-state index is 0.307. The van der Waals surface area contributed by atoms with Crippen LogP contribution in [0.5, 0.6) is 11.6 Å². The lowest BCUT2D eigenvalue weighted by Gasteiger charge is -2.07. The van der Waals surface area contributed by atoms with Gasteiger partial charge in [0.2, 0.25) is 5.65 Å². The van der Waals surface area contributed by atoms with E-state index in [0.29, 0.717) is 26.4 Å². The highest BCUT2D eigenvalue weighted by Gasteiger charge is 2.10. The molecule has 0 aliphatic carbocycles. The number of nitrogens with zero attached hydrogens (tertiary/aromatic N) is 3. The van der Waals surface area contributed by atoms with Crippen molar-refractivity contribution in [1.29, 1.82) is 0 Å². The van der Waals surface area contributed by atoms with Crippen molar-refractivity contribution >= 4 is 37.5 Å².